The molecule has 0 aromatic rings. The summed E-state index contributed by atoms with van der Waals surface area (Å²) in [5.74, 6) is -1.25. The Bertz CT molecular complexity index is 295. The van der Waals surface area contributed by atoms with Gasteiger partial charge in [-0.25, -0.2) is 4.79 Å². The van der Waals surface area contributed by atoms with Crippen LogP contribution < -0.4 is 11.1 Å². The number of carbonyl (C=O) groups excluding carboxylic acids is 1. The molecule has 0 aliphatic heterocycles. The number of aliphatic carboxylic acids is 1. The maximum absolute atomic E-state index is 12.1. The van der Waals surface area contributed by atoms with Gasteiger partial charge in [-0.05, 0) is 18.8 Å². The fourth-order valence-corrected chi connectivity index (χ4v) is 2.10. The second-order valence-electron chi connectivity index (χ2n) is 5.01. The minimum absolute atomic E-state index is 0.0775. The van der Waals surface area contributed by atoms with Gasteiger partial charge in [-0.1, -0.05) is 26.7 Å². The van der Waals surface area contributed by atoms with E-state index in [2.05, 4.69) is 5.32 Å². The number of nitrogens with two attached hydrogens (primary N) is 1. The largest absolute Gasteiger partial charge is 0.480 e. The van der Waals surface area contributed by atoms with Gasteiger partial charge in [0.05, 0.1) is 5.41 Å². The van der Waals surface area contributed by atoms with Crippen molar-refractivity contribution in [1.29, 1.82) is 0 Å². The highest BCUT2D eigenvalue weighted by Gasteiger charge is 2.44. The SMILES string of the molecule is CCC(C)C(NC(=O)C1(CN)CCC1)C(=O)O. The molecule has 1 aliphatic carbocycles. The summed E-state index contributed by atoms with van der Waals surface area (Å²) in [5, 5.41) is 11.7. The lowest BCUT2D eigenvalue weighted by molar-refractivity contribution is -0.147. The summed E-state index contributed by atoms with van der Waals surface area (Å²) >= 11 is 0. The number of rotatable bonds is 6. The molecule has 1 fully saturated rings. The number of nitrogens with one attached hydrogen (secondary N) is 1. The van der Waals surface area contributed by atoms with E-state index in [4.69, 9.17) is 10.8 Å². The van der Waals surface area contributed by atoms with Crippen LogP contribution in [0.5, 0.6) is 0 Å². The Balaban J connectivity index is 2.67. The Morgan fingerprint density at radius 1 is 1.47 bits per heavy atom. The van der Waals surface area contributed by atoms with Gasteiger partial charge >= 0.3 is 5.97 Å². The molecule has 5 heteroatoms. The molecule has 0 heterocycles. The van der Waals surface area contributed by atoms with Crippen molar-refractivity contribution in [2.75, 3.05) is 6.54 Å². The molecule has 5 nitrogen and oxygen atoms in total. The van der Waals surface area contributed by atoms with Crippen LogP contribution in [0.2, 0.25) is 0 Å². The molecule has 98 valence electrons. The predicted octanol–water partition coefficient (Wildman–Crippen LogP) is 0.731. The van der Waals surface area contributed by atoms with Crippen LogP contribution in [-0.4, -0.2) is 29.6 Å². The van der Waals surface area contributed by atoms with Crippen molar-refractivity contribution in [3.05, 3.63) is 0 Å². The molecule has 1 rings (SSSR count). The normalized spacial score (nSPS) is 21.1. The van der Waals surface area contributed by atoms with Crippen LogP contribution in [-0.2, 0) is 9.59 Å². The first-order chi connectivity index (χ1) is 7.96. The van der Waals surface area contributed by atoms with E-state index in [-0.39, 0.29) is 11.8 Å². The standard InChI is InChI=1S/C12H22N2O3/c1-3-8(2)9(10(15)16)14-11(17)12(7-13)5-4-6-12/h8-9H,3-7,13H2,1-2H3,(H,14,17)(H,15,16). The zero-order valence-corrected chi connectivity index (χ0v) is 10.5. The van der Waals surface area contributed by atoms with Crippen LogP contribution in [0.25, 0.3) is 0 Å². The average Bonchev–Trinajstić information content (AvgIpc) is 2.23. The van der Waals surface area contributed by atoms with Crippen LogP contribution in [0.15, 0.2) is 0 Å². The molecule has 0 radical (unpaired) electrons. The van der Waals surface area contributed by atoms with Crippen molar-refractivity contribution in [3.63, 3.8) is 0 Å². The summed E-state index contributed by atoms with van der Waals surface area (Å²) in [4.78, 5) is 23.2. The van der Waals surface area contributed by atoms with Crippen molar-refractivity contribution >= 4 is 11.9 Å². The van der Waals surface area contributed by atoms with Gasteiger partial charge < -0.3 is 16.2 Å². The third-order valence-electron chi connectivity index (χ3n) is 3.95. The second-order valence-corrected chi connectivity index (χ2v) is 5.01. The van der Waals surface area contributed by atoms with Crippen LogP contribution in [0.4, 0.5) is 0 Å². The topological polar surface area (TPSA) is 92.4 Å². The summed E-state index contributed by atoms with van der Waals surface area (Å²) < 4.78 is 0. The Labute approximate surface area is 102 Å². The maximum atomic E-state index is 12.1. The van der Waals surface area contributed by atoms with E-state index < -0.39 is 17.4 Å². The van der Waals surface area contributed by atoms with Gasteiger partial charge in [-0.15, -0.1) is 0 Å². The zero-order valence-electron chi connectivity index (χ0n) is 10.5. The van der Waals surface area contributed by atoms with Crippen molar-refractivity contribution in [1.82, 2.24) is 5.32 Å². The molecule has 0 spiro atoms. The van der Waals surface area contributed by atoms with E-state index in [9.17, 15) is 9.59 Å². The summed E-state index contributed by atoms with van der Waals surface area (Å²) in [7, 11) is 0. The third kappa shape index (κ3) is 2.77. The monoisotopic (exact) mass is 242 g/mol. The van der Waals surface area contributed by atoms with Crippen LogP contribution in [0.3, 0.4) is 0 Å². The fraction of sp³-hybridized carbons (Fsp3) is 0.833. The number of carboxylic acids is 1. The number of hydrogen-bond acceptors (Lipinski definition) is 3. The van der Waals surface area contributed by atoms with E-state index in [1.165, 1.54) is 0 Å². The molecule has 1 aliphatic rings. The molecule has 0 saturated heterocycles. The van der Waals surface area contributed by atoms with Gasteiger partial charge in [-0.3, -0.25) is 4.79 Å². The maximum Gasteiger partial charge on any atom is 0.326 e. The Hall–Kier alpha value is -1.10. The lowest BCUT2D eigenvalue weighted by Gasteiger charge is -2.40. The molecule has 4 N–H and O–H groups in total. The molecule has 1 saturated carbocycles. The van der Waals surface area contributed by atoms with Crippen molar-refractivity contribution < 1.29 is 14.7 Å². The second kappa shape index (κ2) is 5.49. The first-order valence-corrected chi connectivity index (χ1v) is 6.20. The van der Waals surface area contributed by atoms with Crippen LogP contribution >= 0.6 is 0 Å². The predicted molar refractivity (Wildman–Crippen MR) is 64.4 cm³/mol. The number of carbonyl (C=O) groups is 2. The molecule has 2 unspecified atom stereocenters. The van der Waals surface area contributed by atoms with E-state index in [0.717, 1.165) is 19.3 Å². The number of amides is 1. The minimum Gasteiger partial charge on any atom is -0.480 e. The lowest BCUT2D eigenvalue weighted by atomic mass is 9.68. The number of carboxylic acid groups (broad SMARTS) is 1. The highest BCUT2D eigenvalue weighted by atomic mass is 16.4. The summed E-state index contributed by atoms with van der Waals surface area (Å²) in [6.07, 6.45) is 3.24. The zero-order chi connectivity index (χ0) is 13.1. The Morgan fingerprint density at radius 2 is 2.06 bits per heavy atom. The highest BCUT2D eigenvalue weighted by Crippen LogP contribution is 2.40. The lowest BCUT2D eigenvalue weighted by Crippen LogP contribution is -2.55. The van der Waals surface area contributed by atoms with E-state index in [1.807, 2.05) is 13.8 Å². The van der Waals surface area contributed by atoms with E-state index in [0.29, 0.717) is 13.0 Å². The molecule has 17 heavy (non-hydrogen) atoms. The van der Waals surface area contributed by atoms with Crippen molar-refractivity contribution in [3.8, 4) is 0 Å². The third-order valence-corrected chi connectivity index (χ3v) is 3.95. The smallest absolute Gasteiger partial charge is 0.326 e. The van der Waals surface area contributed by atoms with Gasteiger partial charge in [0.25, 0.3) is 0 Å². The van der Waals surface area contributed by atoms with E-state index in [1.54, 1.807) is 0 Å². The first kappa shape index (κ1) is 14.0. The first-order valence-electron chi connectivity index (χ1n) is 6.20. The van der Waals surface area contributed by atoms with Crippen LogP contribution in [0, 0.1) is 11.3 Å². The molecule has 1 amide bonds. The van der Waals surface area contributed by atoms with Gasteiger partial charge in [0.1, 0.15) is 6.04 Å². The molecule has 0 bridgehead atoms. The Kier molecular flexibility index (Phi) is 4.51. The van der Waals surface area contributed by atoms with Crippen molar-refractivity contribution in [2.24, 2.45) is 17.1 Å². The average molecular weight is 242 g/mol. The summed E-state index contributed by atoms with van der Waals surface area (Å²) in [6, 6.07) is -0.809. The number of hydrogen-bond donors (Lipinski definition) is 3. The van der Waals surface area contributed by atoms with Crippen molar-refractivity contribution in [2.45, 2.75) is 45.6 Å². The van der Waals surface area contributed by atoms with Gasteiger partial charge in [0, 0.05) is 6.54 Å². The molecular weight excluding hydrogens is 220 g/mol. The fourth-order valence-electron chi connectivity index (χ4n) is 2.10. The molecule has 0 aromatic carbocycles. The minimum atomic E-state index is -0.973. The van der Waals surface area contributed by atoms with Crippen LogP contribution in [0.1, 0.15) is 39.5 Å². The van der Waals surface area contributed by atoms with Gasteiger partial charge in [-0.2, -0.15) is 0 Å². The van der Waals surface area contributed by atoms with Gasteiger partial charge in [0.15, 0.2) is 0 Å². The highest BCUT2D eigenvalue weighted by molar-refractivity contribution is 5.88. The molecular formula is C12H22N2O3. The molecule has 0 aromatic heterocycles. The van der Waals surface area contributed by atoms with Gasteiger partial charge in [0.2, 0.25) is 5.91 Å². The molecule has 2 atom stereocenters. The van der Waals surface area contributed by atoms with E-state index >= 15 is 0 Å². The summed E-state index contributed by atoms with van der Waals surface area (Å²) in [6.45, 7) is 4.04. The summed E-state index contributed by atoms with van der Waals surface area (Å²) in [5.41, 5.74) is 5.11. The quantitative estimate of drug-likeness (QED) is 0.640. The Morgan fingerprint density at radius 3 is 2.35 bits per heavy atom.